The Morgan fingerprint density at radius 1 is 1.18 bits per heavy atom. The van der Waals surface area contributed by atoms with Crippen molar-refractivity contribution in [3.05, 3.63) is 33.9 Å². The highest BCUT2D eigenvalue weighted by Crippen LogP contribution is 2.18. The lowest BCUT2D eigenvalue weighted by molar-refractivity contribution is 0.491. The maximum Gasteiger partial charge on any atom is 0.335 e. The van der Waals surface area contributed by atoms with Crippen LogP contribution in [-0.4, -0.2) is 0 Å². The monoisotopic (exact) mass is 150 g/mol. The van der Waals surface area contributed by atoms with Crippen LogP contribution in [0, 0.1) is 0 Å². The van der Waals surface area contributed by atoms with Gasteiger partial charge in [-0.15, -0.1) is 0 Å². The molecule has 1 heterocycles. The molecule has 2 nitrogen and oxygen atoms in total. The van der Waals surface area contributed by atoms with Crippen LogP contribution in [0.4, 0.5) is 0 Å². The second-order valence-electron chi connectivity index (χ2n) is 2.96. The van der Waals surface area contributed by atoms with Crippen LogP contribution in [0.25, 0.3) is 0 Å². The van der Waals surface area contributed by atoms with Crippen LogP contribution in [0.2, 0.25) is 0 Å². The summed E-state index contributed by atoms with van der Waals surface area (Å²) in [7, 11) is 0. The molecule has 0 saturated carbocycles. The highest BCUT2D eigenvalue weighted by molar-refractivity contribution is 5.23. The molecule has 0 aliphatic heterocycles. The van der Waals surface area contributed by atoms with Crippen molar-refractivity contribution < 1.29 is 4.42 Å². The van der Waals surface area contributed by atoms with Crippen molar-refractivity contribution in [1.29, 1.82) is 0 Å². The summed E-state index contributed by atoms with van der Waals surface area (Å²) >= 11 is 0. The first-order valence-corrected chi connectivity index (χ1v) is 3.97. The molecule has 1 aliphatic rings. The number of hydrogen-bond donors (Lipinski definition) is 0. The maximum absolute atomic E-state index is 10.8. The lowest BCUT2D eigenvalue weighted by Crippen LogP contribution is -2.07. The second-order valence-corrected chi connectivity index (χ2v) is 2.96. The molecule has 0 spiro atoms. The van der Waals surface area contributed by atoms with E-state index in [-0.39, 0.29) is 5.63 Å². The van der Waals surface area contributed by atoms with Gasteiger partial charge in [0.25, 0.3) is 0 Å². The first-order valence-electron chi connectivity index (χ1n) is 3.97. The Morgan fingerprint density at radius 2 is 1.91 bits per heavy atom. The van der Waals surface area contributed by atoms with E-state index in [4.69, 9.17) is 4.42 Å². The molecule has 1 aromatic heterocycles. The van der Waals surface area contributed by atoms with E-state index < -0.39 is 0 Å². The van der Waals surface area contributed by atoms with Gasteiger partial charge in [0, 0.05) is 6.07 Å². The van der Waals surface area contributed by atoms with Gasteiger partial charge in [0.15, 0.2) is 0 Å². The highest BCUT2D eigenvalue weighted by atomic mass is 16.4. The van der Waals surface area contributed by atoms with E-state index in [0.29, 0.717) is 0 Å². The van der Waals surface area contributed by atoms with Crippen LogP contribution in [0.5, 0.6) is 0 Å². The fourth-order valence-electron chi connectivity index (χ4n) is 1.56. The van der Waals surface area contributed by atoms with Gasteiger partial charge < -0.3 is 4.42 Å². The van der Waals surface area contributed by atoms with E-state index in [9.17, 15) is 4.79 Å². The highest BCUT2D eigenvalue weighted by Gasteiger charge is 2.09. The first-order chi connectivity index (χ1) is 5.36. The Kier molecular flexibility index (Phi) is 1.53. The molecule has 0 amide bonds. The quantitative estimate of drug-likeness (QED) is 0.561. The summed E-state index contributed by atoms with van der Waals surface area (Å²) in [6.45, 7) is 0. The summed E-state index contributed by atoms with van der Waals surface area (Å²) in [5.41, 5.74) is 2.19. The van der Waals surface area contributed by atoms with Gasteiger partial charge in [-0.1, -0.05) is 0 Å². The molecule has 0 radical (unpaired) electrons. The van der Waals surface area contributed by atoms with Crippen LogP contribution in [0.3, 0.4) is 0 Å². The van der Waals surface area contributed by atoms with Crippen molar-refractivity contribution in [2.75, 3.05) is 0 Å². The number of rotatable bonds is 0. The number of fused-ring (bicyclic) bond motifs is 1. The van der Waals surface area contributed by atoms with E-state index >= 15 is 0 Å². The summed E-state index contributed by atoms with van der Waals surface area (Å²) in [6.07, 6.45) is 6.15. The Labute approximate surface area is 64.9 Å². The minimum Gasteiger partial charge on any atom is -0.431 e. The van der Waals surface area contributed by atoms with Gasteiger partial charge in [0.05, 0.1) is 6.26 Å². The SMILES string of the molecule is O=c1cc2c(co1)CCCC2. The Morgan fingerprint density at radius 3 is 2.73 bits per heavy atom. The number of hydrogen-bond acceptors (Lipinski definition) is 2. The molecule has 0 aromatic carbocycles. The molecule has 0 bridgehead atoms. The molecule has 58 valence electrons. The molecule has 0 unspecified atom stereocenters. The first kappa shape index (κ1) is 6.65. The van der Waals surface area contributed by atoms with Gasteiger partial charge in [-0.05, 0) is 36.8 Å². The van der Waals surface area contributed by atoms with Crippen LogP contribution < -0.4 is 5.63 Å². The van der Waals surface area contributed by atoms with Gasteiger partial charge in [0.1, 0.15) is 0 Å². The van der Waals surface area contributed by atoms with E-state index in [1.165, 1.54) is 24.0 Å². The maximum atomic E-state index is 10.8. The lowest BCUT2D eigenvalue weighted by atomic mass is 9.94. The van der Waals surface area contributed by atoms with Gasteiger partial charge in [-0.25, -0.2) is 4.79 Å². The standard InChI is InChI=1S/C9H10O2/c10-9-5-7-3-1-2-4-8(7)6-11-9/h5-6H,1-4H2. The molecular formula is C9H10O2. The second kappa shape index (κ2) is 2.53. The zero-order valence-corrected chi connectivity index (χ0v) is 6.30. The van der Waals surface area contributed by atoms with Crippen LogP contribution in [0.15, 0.2) is 21.5 Å². The molecule has 0 atom stereocenters. The largest absolute Gasteiger partial charge is 0.431 e. The molecule has 2 heteroatoms. The Bertz CT molecular complexity index is 312. The van der Waals surface area contributed by atoms with E-state index in [1.54, 1.807) is 12.3 Å². The molecule has 11 heavy (non-hydrogen) atoms. The van der Waals surface area contributed by atoms with E-state index in [0.717, 1.165) is 12.8 Å². The normalized spacial score (nSPS) is 16.0. The van der Waals surface area contributed by atoms with Crippen molar-refractivity contribution in [3.8, 4) is 0 Å². The molecule has 1 aliphatic carbocycles. The third kappa shape index (κ3) is 1.20. The van der Waals surface area contributed by atoms with Crippen LogP contribution >= 0.6 is 0 Å². The summed E-state index contributed by atoms with van der Waals surface area (Å²) in [6, 6.07) is 1.62. The minimum absolute atomic E-state index is 0.217. The Hall–Kier alpha value is -1.05. The van der Waals surface area contributed by atoms with Crippen molar-refractivity contribution in [3.63, 3.8) is 0 Å². The van der Waals surface area contributed by atoms with E-state index in [2.05, 4.69) is 0 Å². The van der Waals surface area contributed by atoms with Crippen molar-refractivity contribution in [2.24, 2.45) is 0 Å². The Balaban J connectivity index is 2.51. The van der Waals surface area contributed by atoms with Gasteiger partial charge >= 0.3 is 5.63 Å². The fraction of sp³-hybridized carbons (Fsp3) is 0.444. The van der Waals surface area contributed by atoms with Crippen molar-refractivity contribution >= 4 is 0 Å². The fourth-order valence-corrected chi connectivity index (χ4v) is 1.56. The third-order valence-corrected chi connectivity index (χ3v) is 2.16. The smallest absolute Gasteiger partial charge is 0.335 e. The molecule has 2 rings (SSSR count). The third-order valence-electron chi connectivity index (χ3n) is 2.16. The predicted molar refractivity (Wildman–Crippen MR) is 41.6 cm³/mol. The van der Waals surface area contributed by atoms with Crippen LogP contribution in [0.1, 0.15) is 24.0 Å². The number of aryl methyl sites for hydroxylation is 2. The topological polar surface area (TPSA) is 30.2 Å². The summed E-state index contributed by atoms with van der Waals surface area (Å²) in [5, 5.41) is 0. The molecule has 0 fully saturated rings. The molecule has 0 saturated heterocycles. The van der Waals surface area contributed by atoms with Crippen molar-refractivity contribution in [2.45, 2.75) is 25.7 Å². The molecular weight excluding hydrogens is 140 g/mol. The predicted octanol–water partition coefficient (Wildman–Crippen LogP) is 1.52. The van der Waals surface area contributed by atoms with Crippen LogP contribution in [-0.2, 0) is 12.8 Å². The summed E-state index contributed by atoms with van der Waals surface area (Å²) < 4.78 is 4.77. The lowest BCUT2D eigenvalue weighted by Gasteiger charge is -2.12. The van der Waals surface area contributed by atoms with Gasteiger partial charge in [-0.2, -0.15) is 0 Å². The average Bonchev–Trinajstić information content (AvgIpc) is 2.04. The zero-order chi connectivity index (χ0) is 7.68. The van der Waals surface area contributed by atoms with Gasteiger partial charge in [-0.3, -0.25) is 0 Å². The van der Waals surface area contributed by atoms with Gasteiger partial charge in [0.2, 0.25) is 0 Å². The summed E-state index contributed by atoms with van der Waals surface area (Å²) in [4.78, 5) is 10.8. The molecule has 1 aromatic rings. The summed E-state index contributed by atoms with van der Waals surface area (Å²) in [5.74, 6) is 0. The zero-order valence-electron chi connectivity index (χ0n) is 6.30. The average molecular weight is 150 g/mol. The van der Waals surface area contributed by atoms with E-state index in [1.807, 2.05) is 0 Å². The minimum atomic E-state index is -0.217. The van der Waals surface area contributed by atoms with Crippen molar-refractivity contribution in [1.82, 2.24) is 0 Å². The molecule has 0 N–H and O–H groups in total.